The molecule has 1 aromatic heterocycles. The lowest BCUT2D eigenvalue weighted by molar-refractivity contribution is 0.0538. The van der Waals surface area contributed by atoms with Crippen molar-refractivity contribution in [3.05, 3.63) is 41.2 Å². The summed E-state index contributed by atoms with van der Waals surface area (Å²) in [4.78, 5) is -0.224. The first-order valence-corrected chi connectivity index (χ1v) is 10.4. The summed E-state index contributed by atoms with van der Waals surface area (Å²) in [5.41, 5.74) is 0.609. The van der Waals surface area contributed by atoms with E-state index in [0.29, 0.717) is 22.6 Å². The van der Waals surface area contributed by atoms with E-state index in [1.807, 2.05) is 0 Å². The Morgan fingerprint density at radius 2 is 2.18 bits per heavy atom. The topological polar surface area (TPSA) is 82.5 Å². The molecule has 1 aromatic carbocycles. The molecule has 10 heteroatoms. The molecule has 1 unspecified atom stereocenters. The molecule has 1 fully saturated rings. The van der Waals surface area contributed by atoms with Gasteiger partial charge in [-0.2, -0.15) is 13.9 Å². The van der Waals surface area contributed by atoms with Gasteiger partial charge in [0.2, 0.25) is 10.0 Å². The highest BCUT2D eigenvalue weighted by Crippen LogP contribution is 2.24. The molecule has 0 saturated carbocycles. The summed E-state index contributed by atoms with van der Waals surface area (Å²) in [6.07, 6.45) is 2.07. The average Bonchev–Trinajstić information content (AvgIpc) is 3.26. The van der Waals surface area contributed by atoms with E-state index >= 15 is 0 Å². The van der Waals surface area contributed by atoms with Gasteiger partial charge in [0.1, 0.15) is 17.3 Å². The molecule has 1 aliphatic heterocycles. The van der Waals surface area contributed by atoms with Crippen LogP contribution in [-0.2, 0) is 21.3 Å². The normalized spacial score (nSPS) is 17.4. The predicted octanol–water partition coefficient (Wildman–Crippen LogP) is 2.93. The highest BCUT2D eigenvalue weighted by Gasteiger charge is 2.27. The summed E-state index contributed by atoms with van der Waals surface area (Å²) >= 11 is 0. The number of nitrogens with zero attached hydrogens (tertiary/aromatic N) is 2. The van der Waals surface area contributed by atoms with Crippen molar-refractivity contribution in [2.75, 3.05) is 13.2 Å². The predicted molar refractivity (Wildman–Crippen MR) is 97.9 cm³/mol. The van der Waals surface area contributed by atoms with Crippen LogP contribution in [0.4, 0.5) is 8.78 Å². The number of aromatic nitrogens is 2. The van der Waals surface area contributed by atoms with Crippen LogP contribution in [0.3, 0.4) is 0 Å². The molecule has 0 spiro atoms. The third-order valence-corrected chi connectivity index (χ3v) is 6.19. The maximum atomic E-state index is 13.0. The Labute approximate surface area is 162 Å². The Morgan fingerprint density at radius 3 is 2.82 bits per heavy atom. The molecular weight excluding hydrogens is 392 g/mol. The monoisotopic (exact) mass is 415 g/mol. The molecular formula is C18H23F2N3O4S. The van der Waals surface area contributed by atoms with E-state index in [1.54, 1.807) is 24.3 Å². The molecule has 1 atom stereocenters. The van der Waals surface area contributed by atoms with Crippen molar-refractivity contribution in [3.63, 3.8) is 0 Å². The lowest BCUT2D eigenvalue weighted by Gasteiger charge is -2.13. The zero-order valence-electron chi connectivity index (χ0n) is 15.7. The fourth-order valence-electron chi connectivity index (χ4n) is 3.19. The molecule has 0 amide bonds. The van der Waals surface area contributed by atoms with Gasteiger partial charge < -0.3 is 9.47 Å². The first kappa shape index (κ1) is 20.7. The minimum atomic E-state index is -4.00. The smallest absolute Gasteiger partial charge is 0.333 e. The zero-order chi connectivity index (χ0) is 20.3. The fourth-order valence-corrected chi connectivity index (χ4v) is 4.60. The summed E-state index contributed by atoms with van der Waals surface area (Å²) in [6, 6.07) is 7.04. The van der Waals surface area contributed by atoms with Crippen molar-refractivity contribution in [2.24, 2.45) is 0 Å². The van der Waals surface area contributed by atoms with Crippen LogP contribution in [-0.4, -0.2) is 37.5 Å². The van der Waals surface area contributed by atoms with Crippen LogP contribution in [0.5, 0.6) is 5.75 Å². The number of benzene rings is 1. The Hall–Kier alpha value is -2.04. The van der Waals surface area contributed by atoms with Crippen LogP contribution in [0.25, 0.3) is 0 Å². The molecule has 3 rings (SSSR count). The van der Waals surface area contributed by atoms with Crippen molar-refractivity contribution < 1.29 is 26.7 Å². The summed E-state index contributed by atoms with van der Waals surface area (Å²) in [6.45, 7) is 0.982. The van der Waals surface area contributed by atoms with E-state index in [9.17, 15) is 17.2 Å². The van der Waals surface area contributed by atoms with E-state index in [0.717, 1.165) is 19.4 Å². The number of nitrogens with one attached hydrogen (secondary N) is 1. The average molecular weight is 415 g/mol. The summed E-state index contributed by atoms with van der Waals surface area (Å²) < 4.78 is 65.2. The van der Waals surface area contributed by atoms with Crippen molar-refractivity contribution >= 4 is 10.0 Å². The van der Waals surface area contributed by atoms with Gasteiger partial charge in [0.25, 0.3) is 0 Å². The quantitative estimate of drug-likeness (QED) is 0.717. The van der Waals surface area contributed by atoms with Gasteiger partial charge >= 0.3 is 6.55 Å². The van der Waals surface area contributed by atoms with E-state index in [1.165, 1.54) is 13.8 Å². The van der Waals surface area contributed by atoms with Crippen LogP contribution in [0.2, 0.25) is 0 Å². The molecule has 154 valence electrons. The molecule has 2 heterocycles. The van der Waals surface area contributed by atoms with Crippen molar-refractivity contribution in [1.29, 1.82) is 0 Å². The number of ether oxygens (including phenoxy) is 2. The first-order chi connectivity index (χ1) is 13.3. The second kappa shape index (κ2) is 8.54. The van der Waals surface area contributed by atoms with Gasteiger partial charge in [-0.1, -0.05) is 12.1 Å². The fraction of sp³-hybridized carbons (Fsp3) is 0.500. The first-order valence-electron chi connectivity index (χ1n) is 8.95. The van der Waals surface area contributed by atoms with Crippen molar-refractivity contribution in [3.8, 4) is 5.75 Å². The zero-order valence-corrected chi connectivity index (χ0v) is 16.5. The van der Waals surface area contributed by atoms with Crippen LogP contribution < -0.4 is 9.46 Å². The van der Waals surface area contributed by atoms with Gasteiger partial charge in [-0.15, -0.1) is 0 Å². The molecule has 7 nitrogen and oxygen atoms in total. The molecule has 2 aromatic rings. The molecule has 1 N–H and O–H groups in total. The third-order valence-electron chi connectivity index (χ3n) is 4.54. The molecule has 0 aliphatic carbocycles. The summed E-state index contributed by atoms with van der Waals surface area (Å²) in [7, 11) is -4.00. The SMILES string of the molecule is Cc1nn(C(F)F)c(C)c1S(=O)(=O)NCc1cccc(OCC2CCCO2)c1. The maximum absolute atomic E-state index is 13.0. The van der Waals surface area contributed by atoms with Crippen molar-refractivity contribution in [2.45, 2.75) is 50.8 Å². The minimum absolute atomic E-state index is 0.00179. The maximum Gasteiger partial charge on any atom is 0.333 e. The molecule has 1 aliphatic rings. The Bertz CT molecular complexity index is 925. The van der Waals surface area contributed by atoms with Gasteiger partial charge in [-0.05, 0) is 44.4 Å². The van der Waals surface area contributed by atoms with E-state index < -0.39 is 16.6 Å². The Balaban J connectivity index is 1.67. The number of halogens is 2. The van der Waals surface area contributed by atoms with Crippen LogP contribution in [0.15, 0.2) is 29.2 Å². The highest BCUT2D eigenvalue weighted by atomic mass is 32.2. The van der Waals surface area contributed by atoms with E-state index in [4.69, 9.17) is 9.47 Å². The lowest BCUT2D eigenvalue weighted by atomic mass is 10.2. The molecule has 1 saturated heterocycles. The molecule has 0 bridgehead atoms. The van der Waals surface area contributed by atoms with E-state index in [-0.39, 0.29) is 28.9 Å². The van der Waals surface area contributed by atoms with Gasteiger partial charge in [0.15, 0.2) is 0 Å². The van der Waals surface area contributed by atoms with E-state index in [2.05, 4.69) is 9.82 Å². The number of hydrogen-bond donors (Lipinski definition) is 1. The standard InChI is InChI=1S/C18H23F2N3O4S/c1-12-17(13(2)23(22-12)18(19)20)28(24,25)21-10-14-5-3-6-15(9-14)27-11-16-7-4-8-26-16/h3,5-6,9,16,18,21H,4,7-8,10-11H2,1-2H3. The summed E-state index contributed by atoms with van der Waals surface area (Å²) in [5, 5.41) is 3.62. The largest absolute Gasteiger partial charge is 0.491 e. The van der Waals surface area contributed by atoms with Crippen LogP contribution >= 0.6 is 0 Å². The van der Waals surface area contributed by atoms with Crippen molar-refractivity contribution in [1.82, 2.24) is 14.5 Å². The molecule has 0 radical (unpaired) electrons. The number of hydrogen-bond acceptors (Lipinski definition) is 5. The number of alkyl halides is 2. The Kier molecular flexibility index (Phi) is 6.31. The molecule has 28 heavy (non-hydrogen) atoms. The third kappa shape index (κ3) is 4.68. The number of rotatable bonds is 8. The lowest BCUT2D eigenvalue weighted by Crippen LogP contribution is -2.24. The minimum Gasteiger partial charge on any atom is -0.491 e. The second-order valence-electron chi connectivity index (χ2n) is 6.64. The van der Waals surface area contributed by atoms with Crippen LogP contribution in [0.1, 0.15) is 36.3 Å². The number of aryl methyl sites for hydroxylation is 1. The Morgan fingerprint density at radius 1 is 1.39 bits per heavy atom. The number of sulfonamides is 1. The van der Waals surface area contributed by atoms with Gasteiger partial charge in [0.05, 0.1) is 17.5 Å². The van der Waals surface area contributed by atoms with Gasteiger partial charge in [0, 0.05) is 13.2 Å². The summed E-state index contributed by atoms with van der Waals surface area (Å²) in [5.74, 6) is 0.616. The highest BCUT2D eigenvalue weighted by molar-refractivity contribution is 7.89. The van der Waals surface area contributed by atoms with Crippen LogP contribution in [0, 0.1) is 13.8 Å². The second-order valence-corrected chi connectivity index (χ2v) is 8.34. The van der Waals surface area contributed by atoms with Gasteiger partial charge in [-0.25, -0.2) is 17.8 Å². The van der Waals surface area contributed by atoms with Gasteiger partial charge in [-0.3, -0.25) is 0 Å².